The summed E-state index contributed by atoms with van der Waals surface area (Å²) in [4.78, 5) is 23.7. The van der Waals surface area contributed by atoms with E-state index in [0.29, 0.717) is 13.2 Å². The summed E-state index contributed by atoms with van der Waals surface area (Å²) in [6, 6.07) is 8.06. The average molecular weight is 529 g/mol. The van der Waals surface area contributed by atoms with Gasteiger partial charge < -0.3 is 19.9 Å². The molecule has 0 saturated carbocycles. The number of guanidine groups is 1. The molecule has 2 heterocycles. The van der Waals surface area contributed by atoms with Crippen molar-refractivity contribution in [3.63, 3.8) is 0 Å². The van der Waals surface area contributed by atoms with Gasteiger partial charge in [0.05, 0.1) is 12.6 Å². The van der Waals surface area contributed by atoms with Crippen molar-refractivity contribution in [2.75, 3.05) is 52.9 Å². The number of piperazine rings is 1. The Kier molecular flexibility index (Phi) is 10.2. The van der Waals surface area contributed by atoms with Crippen LogP contribution in [0, 0.1) is 0 Å². The molecule has 8 heteroatoms. The van der Waals surface area contributed by atoms with Crippen LogP contribution in [0.3, 0.4) is 0 Å². The van der Waals surface area contributed by atoms with Gasteiger partial charge in [0.2, 0.25) is 5.91 Å². The van der Waals surface area contributed by atoms with E-state index in [0.717, 1.165) is 69.4 Å². The summed E-state index contributed by atoms with van der Waals surface area (Å²) in [5.74, 6) is 2.09. The van der Waals surface area contributed by atoms with E-state index in [-0.39, 0.29) is 35.9 Å². The van der Waals surface area contributed by atoms with Crippen molar-refractivity contribution in [2.24, 2.45) is 4.99 Å². The molecule has 1 atom stereocenters. The third kappa shape index (κ3) is 6.23. The Morgan fingerprint density at radius 3 is 2.40 bits per heavy atom. The Hall–Kier alpha value is -1.55. The van der Waals surface area contributed by atoms with Crippen LogP contribution in [0.5, 0.6) is 5.75 Å². The van der Waals surface area contributed by atoms with Gasteiger partial charge in [-0.2, -0.15) is 0 Å². The first-order valence-corrected chi connectivity index (χ1v) is 10.8. The molecule has 1 amide bonds. The standard InChI is InChI=1S/C22H35N5O2.HI/c1-4-29-20-10-6-5-9-19(20)17-24-22(23-3)27-15-13-25(14-16-27)18(2)21(28)26-11-7-8-12-26;/h5-6,9-10,18H,4,7-8,11-17H2,1-3H3,(H,23,24);1H. The van der Waals surface area contributed by atoms with Crippen LogP contribution in [0.4, 0.5) is 0 Å². The maximum absolute atomic E-state index is 12.7. The number of para-hydroxylation sites is 1. The second-order valence-electron chi connectivity index (χ2n) is 7.67. The van der Waals surface area contributed by atoms with E-state index in [1.807, 2.05) is 44.0 Å². The zero-order valence-electron chi connectivity index (χ0n) is 18.5. The highest BCUT2D eigenvalue weighted by Crippen LogP contribution is 2.18. The van der Waals surface area contributed by atoms with Crippen LogP contribution >= 0.6 is 24.0 Å². The molecule has 1 aromatic carbocycles. The van der Waals surface area contributed by atoms with Gasteiger partial charge in [-0.3, -0.25) is 14.7 Å². The molecule has 2 saturated heterocycles. The van der Waals surface area contributed by atoms with Crippen molar-refractivity contribution in [3.8, 4) is 5.75 Å². The molecule has 30 heavy (non-hydrogen) atoms. The molecule has 1 N–H and O–H groups in total. The second-order valence-corrected chi connectivity index (χ2v) is 7.67. The van der Waals surface area contributed by atoms with Gasteiger partial charge >= 0.3 is 0 Å². The number of amides is 1. The van der Waals surface area contributed by atoms with Crippen molar-refractivity contribution in [1.82, 2.24) is 20.0 Å². The minimum atomic E-state index is -0.0386. The van der Waals surface area contributed by atoms with E-state index in [4.69, 9.17) is 4.74 Å². The number of nitrogens with one attached hydrogen (secondary N) is 1. The fourth-order valence-corrected chi connectivity index (χ4v) is 4.13. The number of carbonyl (C=O) groups excluding carboxylic acids is 1. The van der Waals surface area contributed by atoms with Crippen LogP contribution in [-0.4, -0.2) is 85.5 Å². The van der Waals surface area contributed by atoms with Gasteiger partial charge in [-0.05, 0) is 32.8 Å². The molecule has 1 aromatic rings. The quantitative estimate of drug-likeness (QED) is 0.349. The third-order valence-electron chi connectivity index (χ3n) is 5.86. The first kappa shape index (κ1) is 24.7. The maximum atomic E-state index is 12.7. The molecule has 2 aliphatic rings. The van der Waals surface area contributed by atoms with Crippen LogP contribution in [0.25, 0.3) is 0 Å². The normalized spacial score (nSPS) is 18.7. The Labute approximate surface area is 197 Å². The monoisotopic (exact) mass is 529 g/mol. The van der Waals surface area contributed by atoms with Gasteiger partial charge in [0, 0.05) is 58.4 Å². The number of benzene rings is 1. The summed E-state index contributed by atoms with van der Waals surface area (Å²) in [7, 11) is 1.82. The average Bonchev–Trinajstić information content (AvgIpc) is 3.30. The van der Waals surface area contributed by atoms with Crippen LogP contribution in [-0.2, 0) is 11.3 Å². The Balaban J connectivity index is 0.00000320. The maximum Gasteiger partial charge on any atom is 0.239 e. The zero-order valence-corrected chi connectivity index (χ0v) is 20.8. The summed E-state index contributed by atoms with van der Waals surface area (Å²) in [5, 5.41) is 3.47. The molecule has 168 valence electrons. The number of ether oxygens (including phenoxy) is 1. The van der Waals surface area contributed by atoms with Gasteiger partial charge in [-0.1, -0.05) is 18.2 Å². The Bertz CT molecular complexity index is 701. The van der Waals surface area contributed by atoms with E-state index in [1.54, 1.807) is 0 Å². The highest BCUT2D eigenvalue weighted by atomic mass is 127. The highest BCUT2D eigenvalue weighted by molar-refractivity contribution is 14.0. The van der Waals surface area contributed by atoms with Gasteiger partial charge in [-0.25, -0.2) is 0 Å². The van der Waals surface area contributed by atoms with Crippen LogP contribution < -0.4 is 10.1 Å². The number of hydrogen-bond acceptors (Lipinski definition) is 4. The van der Waals surface area contributed by atoms with Crippen molar-refractivity contribution < 1.29 is 9.53 Å². The van der Waals surface area contributed by atoms with Crippen LogP contribution in [0.2, 0.25) is 0 Å². The molecule has 0 spiro atoms. The summed E-state index contributed by atoms with van der Waals surface area (Å²) < 4.78 is 5.72. The van der Waals surface area contributed by atoms with Crippen molar-refractivity contribution >= 4 is 35.8 Å². The summed E-state index contributed by atoms with van der Waals surface area (Å²) >= 11 is 0. The SMILES string of the molecule is CCOc1ccccc1CNC(=NC)N1CCN(C(C)C(=O)N2CCCC2)CC1.I. The molecule has 0 bridgehead atoms. The molecule has 0 aromatic heterocycles. The fourth-order valence-electron chi connectivity index (χ4n) is 4.13. The molecule has 2 aliphatic heterocycles. The lowest BCUT2D eigenvalue weighted by Crippen LogP contribution is -2.57. The van der Waals surface area contributed by atoms with E-state index in [1.165, 1.54) is 0 Å². The number of carbonyl (C=O) groups is 1. The molecule has 2 fully saturated rings. The smallest absolute Gasteiger partial charge is 0.239 e. The van der Waals surface area contributed by atoms with Crippen molar-refractivity contribution in [3.05, 3.63) is 29.8 Å². The Morgan fingerprint density at radius 1 is 1.10 bits per heavy atom. The summed E-state index contributed by atoms with van der Waals surface area (Å²) in [5.41, 5.74) is 1.12. The summed E-state index contributed by atoms with van der Waals surface area (Å²) in [6.45, 7) is 10.7. The molecule has 7 nitrogen and oxygen atoms in total. The Morgan fingerprint density at radius 2 is 1.77 bits per heavy atom. The third-order valence-corrected chi connectivity index (χ3v) is 5.86. The minimum Gasteiger partial charge on any atom is -0.494 e. The predicted octanol–water partition coefficient (Wildman–Crippen LogP) is 2.41. The van der Waals surface area contributed by atoms with Crippen molar-refractivity contribution in [2.45, 2.75) is 39.3 Å². The van der Waals surface area contributed by atoms with Gasteiger partial charge in [0.1, 0.15) is 5.75 Å². The molecular weight excluding hydrogens is 493 g/mol. The lowest BCUT2D eigenvalue weighted by atomic mass is 10.2. The number of likely N-dealkylation sites (tertiary alicyclic amines) is 1. The molecule has 0 radical (unpaired) electrons. The topological polar surface area (TPSA) is 60.4 Å². The lowest BCUT2D eigenvalue weighted by molar-refractivity contribution is -0.135. The first-order chi connectivity index (χ1) is 14.1. The predicted molar refractivity (Wildman–Crippen MR) is 132 cm³/mol. The van der Waals surface area contributed by atoms with Crippen LogP contribution in [0.15, 0.2) is 29.3 Å². The minimum absolute atomic E-state index is 0. The van der Waals surface area contributed by atoms with E-state index < -0.39 is 0 Å². The number of aliphatic imine (C=N–C) groups is 1. The van der Waals surface area contributed by atoms with Gasteiger partial charge in [0.25, 0.3) is 0 Å². The van der Waals surface area contributed by atoms with Crippen molar-refractivity contribution in [1.29, 1.82) is 0 Å². The van der Waals surface area contributed by atoms with Gasteiger partial charge in [-0.15, -0.1) is 24.0 Å². The molecular formula is C22H36IN5O2. The molecule has 1 unspecified atom stereocenters. The molecule has 3 rings (SSSR count). The zero-order chi connectivity index (χ0) is 20.6. The van der Waals surface area contributed by atoms with E-state index in [2.05, 4.69) is 26.2 Å². The highest BCUT2D eigenvalue weighted by Gasteiger charge is 2.30. The summed E-state index contributed by atoms with van der Waals surface area (Å²) in [6.07, 6.45) is 2.28. The number of hydrogen-bond donors (Lipinski definition) is 1. The largest absolute Gasteiger partial charge is 0.494 e. The van der Waals surface area contributed by atoms with E-state index >= 15 is 0 Å². The van der Waals surface area contributed by atoms with E-state index in [9.17, 15) is 4.79 Å². The second kappa shape index (κ2) is 12.3. The number of halogens is 1. The van der Waals surface area contributed by atoms with Gasteiger partial charge in [0.15, 0.2) is 5.96 Å². The number of rotatable bonds is 6. The molecule has 0 aliphatic carbocycles. The van der Waals surface area contributed by atoms with Crippen LogP contribution in [0.1, 0.15) is 32.3 Å². The fraction of sp³-hybridized carbons (Fsp3) is 0.636. The first-order valence-electron chi connectivity index (χ1n) is 10.8. The lowest BCUT2D eigenvalue weighted by Gasteiger charge is -2.39. The number of nitrogens with zero attached hydrogens (tertiary/aromatic N) is 4.